The second kappa shape index (κ2) is 7.53. The van der Waals surface area contributed by atoms with Crippen molar-refractivity contribution in [3.63, 3.8) is 0 Å². The van der Waals surface area contributed by atoms with Gasteiger partial charge in [-0.1, -0.05) is 24.8 Å². The number of amides is 1. The number of aliphatic hydroxyl groups is 1. The highest BCUT2D eigenvalue weighted by atomic mass is 32.2. The Kier molecular flexibility index (Phi) is 5.72. The van der Waals surface area contributed by atoms with Gasteiger partial charge in [0.05, 0.1) is 12.2 Å². The standard InChI is InChI=1S/C17H21NO2S/c1-13-6-7-16(15(11-13)5-3-4-9-19)17(20)18-8-10-21-14(2)12-18/h6-7,11,14,19H,4,8-10,12H2,1-2H3. The minimum absolute atomic E-state index is 0.0446. The highest BCUT2D eigenvalue weighted by Crippen LogP contribution is 2.21. The molecule has 1 aliphatic heterocycles. The molecule has 3 nitrogen and oxygen atoms in total. The molecule has 0 saturated carbocycles. The average molecular weight is 303 g/mol. The van der Waals surface area contributed by atoms with Gasteiger partial charge < -0.3 is 10.0 Å². The number of carbonyl (C=O) groups is 1. The van der Waals surface area contributed by atoms with Gasteiger partial charge in [-0.05, 0) is 24.6 Å². The Bertz CT molecular complexity index is 574. The zero-order chi connectivity index (χ0) is 15.2. The van der Waals surface area contributed by atoms with Crippen molar-refractivity contribution < 1.29 is 9.90 Å². The molecule has 0 aliphatic carbocycles. The fourth-order valence-corrected chi connectivity index (χ4v) is 3.35. The lowest BCUT2D eigenvalue weighted by atomic mass is 10.0. The Balaban J connectivity index is 2.26. The molecular formula is C17H21NO2S. The van der Waals surface area contributed by atoms with Crippen LogP contribution in [0.5, 0.6) is 0 Å². The summed E-state index contributed by atoms with van der Waals surface area (Å²) in [7, 11) is 0. The molecule has 1 fully saturated rings. The van der Waals surface area contributed by atoms with E-state index < -0.39 is 0 Å². The molecule has 4 heteroatoms. The van der Waals surface area contributed by atoms with Crippen LogP contribution in [0.1, 0.15) is 34.8 Å². The van der Waals surface area contributed by atoms with Gasteiger partial charge in [0.2, 0.25) is 0 Å². The Labute approximate surface area is 130 Å². The van der Waals surface area contributed by atoms with Gasteiger partial charge in [-0.3, -0.25) is 4.79 Å². The van der Waals surface area contributed by atoms with E-state index in [0.717, 1.165) is 30.0 Å². The number of hydrogen-bond donors (Lipinski definition) is 1. The minimum Gasteiger partial charge on any atom is -0.395 e. The van der Waals surface area contributed by atoms with E-state index in [0.29, 0.717) is 17.2 Å². The van der Waals surface area contributed by atoms with Crippen molar-refractivity contribution in [1.82, 2.24) is 4.90 Å². The lowest BCUT2D eigenvalue weighted by Crippen LogP contribution is -2.41. The molecule has 1 heterocycles. The van der Waals surface area contributed by atoms with Gasteiger partial charge in [0.25, 0.3) is 5.91 Å². The summed E-state index contributed by atoms with van der Waals surface area (Å²) in [5, 5.41) is 9.31. The quantitative estimate of drug-likeness (QED) is 0.852. The van der Waals surface area contributed by atoms with Crippen LogP contribution in [0.15, 0.2) is 18.2 Å². The van der Waals surface area contributed by atoms with Crippen LogP contribution >= 0.6 is 11.8 Å². The second-order valence-corrected chi connectivity index (χ2v) is 6.80. The maximum absolute atomic E-state index is 12.7. The number of rotatable bonds is 2. The van der Waals surface area contributed by atoms with E-state index in [4.69, 9.17) is 5.11 Å². The molecule has 1 aromatic rings. The molecule has 1 saturated heterocycles. The van der Waals surface area contributed by atoms with Gasteiger partial charge in [-0.25, -0.2) is 0 Å². The summed E-state index contributed by atoms with van der Waals surface area (Å²) < 4.78 is 0. The zero-order valence-corrected chi connectivity index (χ0v) is 13.4. The molecule has 0 radical (unpaired) electrons. The van der Waals surface area contributed by atoms with Crippen LogP contribution in [-0.4, -0.2) is 46.6 Å². The third kappa shape index (κ3) is 4.26. The zero-order valence-electron chi connectivity index (χ0n) is 12.6. The van der Waals surface area contributed by atoms with Gasteiger partial charge in [0.1, 0.15) is 0 Å². The molecule has 1 N–H and O–H groups in total. The van der Waals surface area contributed by atoms with Gasteiger partial charge in [-0.2, -0.15) is 11.8 Å². The molecule has 1 aliphatic rings. The van der Waals surface area contributed by atoms with Crippen LogP contribution < -0.4 is 0 Å². The Morgan fingerprint density at radius 2 is 2.33 bits per heavy atom. The van der Waals surface area contributed by atoms with Gasteiger partial charge >= 0.3 is 0 Å². The molecule has 21 heavy (non-hydrogen) atoms. The largest absolute Gasteiger partial charge is 0.395 e. The van der Waals surface area contributed by atoms with Gasteiger partial charge in [0.15, 0.2) is 0 Å². The molecule has 1 unspecified atom stereocenters. The summed E-state index contributed by atoms with van der Waals surface area (Å²) >= 11 is 1.91. The Hall–Kier alpha value is -1.44. The van der Waals surface area contributed by atoms with Crippen LogP contribution in [-0.2, 0) is 0 Å². The first-order valence-corrected chi connectivity index (χ1v) is 8.28. The SMILES string of the molecule is Cc1ccc(C(=O)N2CCSC(C)C2)c(C#CCCO)c1. The van der Waals surface area contributed by atoms with E-state index in [1.54, 1.807) is 0 Å². The highest BCUT2D eigenvalue weighted by molar-refractivity contribution is 7.99. The van der Waals surface area contributed by atoms with Crippen molar-refractivity contribution in [3.05, 3.63) is 34.9 Å². The van der Waals surface area contributed by atoms with Crippen molar-refractivity contribution in [1.29, 1.82) is 0 Å². The summed E-state index contributed by atoms with van der Waals surface area (Å²) in [6.45, 7) is 5.78. The highest BCUT2D eigenvalue weighted by Gasteiger charge is 2.23. The number of thioether (sulfide) groups is 1. The van der Waals surface area contributed by atoms with Crippen molar-refractivity contribution in [2.24, 2.45) is 0 Å². The number of carbonyl (C=O) groups excluding carboxylic acids is 1. The van der Waals surface area contributed by atoms with Crippen LogP contribution in [0.2, 0.25) is 0 Å². The van der Waals surface area contributed by atoms with Crippen LogP contribution in [0, 0.1) is 18.8 Å². The molecule has 1 atom stereocenters. The molecule has 2 rings (SSSR count). The van der Waals surface area contributed by atoms with Crippen molar-refractivity contribution in [2.45, 2.75) is 25.5 Å². The third-order valence-corrected chi connectivity index (χ3v) is 4.53. The second-order valence-electron chi connectivity index (χ2n) is 5.26. The fraction of sp³-hybridized carbons (Fsp3) is 0.471. The van der Waals surface area contributed by atoms with Crippen molar-refractivity contribution >= 4 is 17.7 Å². The number of benzene rings is 1. The lowest BCUT2D eigenvalue weighted by Gasteiger charge is -2.31. The topological polar surface area (TPSA) is 40.5 Å². The number of aryl methyl sites for hydroxylation is 1. The molecule has 0 bridgehead atoms. The molecule has 112 valence electrons. The van der Waals surface area contributed by atoms with Crippen LogP contribution in [0.4, 0.5) is 0 Å². The fourth-order valence-electron chi connectivity index (χ4n) is 2.33. The smallest absolute Gasteiger partial charge is 0.255 e. The predicted molar refractivity (Wildman–Crippen MR) is 87.6 cm³/mol. The monoisotopic (exact) mass is 303 g/mol. The molecule has 0 aromatic heterocycles. The summed E-state index contributed by atoms with van der Waals surface area (Å²) in [4.78, 5) is 14.6. The predicted octanol–water partition coefficient (Wildman–Crippen LogP) is 2.31. The molecule has 0 spiro atoms. The molecular weight excluding hydrogens is 282 g/mol. The minimum atomic E-state index is 0.0446. The summed E-state index contributed by atoms with van der Waals surface area (Å²) in [5.41, 5.74) is 2.52. The molecule has 1 amide bonds. The van der Waals surface area contributed by atoms with Crippen LogP contribution in [0.25, 0.3) is 0 Å². The van der Waals surface area contributed by atoms with E-state index in [9.17, 15) is 4.79 Å². The Morgan fingerprint density at radius 3 is 3.05 bits per heavy atom. The Morgan fingerprint density at radius 1 is 1.52 bits per heavy atom. The number of nitrogens with zero attached hydrogens (tertiary/aromatic N) is 1. The number of aliphatic hydroxyl groups excluding tert-OH is 1. The van der Waals surface area contributed by atoms with Gasteiger partial charge in [-0.15, -0.1) is 0 Å². The van der Waals surface area contributed by atoms with Gasteiger partial charge in [0, 0.05) is 36.1 Å². The summed E-state index contributed by atoms with van der Waals surface area (Å²) in [6, 6.07) is 5.76. The van der Waals surface area contributed by atoms with Crippen molar-refractivity contribution in [2.75, 3.05) is 25.4 Å². The van der Waals surface area contributed by atoms with E-state index >= 15 is 0 Å². The van der Waals surface area contributed by atoms with E-state index in [-0.39, 0.29) is 12.5 Å². The van der Waals surface area contributed by atoms with E-state index in [1.807, 2.05) is 41.8 Å². The first-order valence-electron chi connectivity index (χ1n) is 7.23. The maximum atomic E-state index is 12.7. The molecule has 1 aromatic carbocycles. The summed E-state index contributed by atoms with van der Waals surface area (Å²) in [6.07, 6.45) is 0.430. The normalized spacial score (nSPS) is 18.0. The lowest BCUT2D eigenvalue weighted by molar-refractivity contribution is 0.0763. The number of hydrogen-bond acceptors (Lipinski definition) is 3. The van der Waals surface area contributed by atoms with Crippen molar-refractivity contribution in [3.8, 4) is 11.8 Å². The van der Waals surface area contributed by atoms with E-state index in [1.165, 1.54) is 0 Å². The van der Waals surface area contributed by atoms with E-state index in [2.05, 4.69) is 18.8 Å². The maximum Gasteiger partial charge on any atom is 0.255 e. The first kappa shape index (κ1) is 15.9. The first-order chi connectivity index (χ1) is 10.1. The average Bonchev–Trinajstić information content (AvgIpc) is 2.47. The third-order valence-electron chi connectivity index (χ3n) is 3.39. The van der Waals surface area contributed by atoms with Crippen LogP contribution in [0.3, 0.4) is 0 Å². The summed E-state index contributed by atoms with van der Waals surface area (Å²) in [5.74, 6) is 6.99.